The van der Waals surface area contributed by atoms with Gasteiger partial charge in [-0.05, 0) is 23.8 Å². The van der Waals surface area contributed by atoms with Crippen LogP contribution in [-0.4, -0.2) is 15.7 Å². The van der Waals surface area contributed by atoms with Crippen molar-refractivity contribution >= 4 is 11.4 Å². The van der Waals surface area contributed by atoms with Gasteiger partial charge >= 0.3 is 0 Å². The average molecular weight is 332 g/mol. The Balaban J connectivity index is 1.96. The van der Waals surface area contributed by atoms with Gasteiger partial charge in [0.05, 0.1) is 18.0 Å². The first-order valence-electron chi connectivity index (χ1n) is 7.82. The molecule has 1 heterocycles. The summed E-state index contributed by atoms with van der Waals surface area (Å²) in [5.41, 5.74) is 8.57. The van der Waals surface area contributed by atoms with E-state index in [1.54, 1.807) is 42.7 Å². The van der Waals surface area contributed by atoms with Crippen LogP contribution in [0.5, 0.6) is 0 Å². The highest BCUT2D eigenvalue weighted by Crippen LogP contribution is 2.12. The normalized spacial score (nSPS) is 12.2. The number of nitrogens with zero attached hydrogens (tertiary/aromatic N) is 3. The summed E-state index contributed by atoms with van der Waals surface area (Å²) in [7, 11) is 0. The molecule has 25 heavy (non-hydrogen) atoms. The monoisotopic (exact) mass is 332 g/mol. The second-order valence-electron chi connectivity index (χ2n) is 5.33. The summed E-state index contributed by atoms with van der Waals surface area (Å²) in [6.45, 7) is 0.219. The number of allylic oxidation sites excluding steroid dienone is 1. The quantitative estimate of drug-likeness (QED) is 0.726. The van der Waals surface area contributed by atoms with Crippen LogP contribution in [0.1, 0.15) is 17.0 Å². The fourth-order valence-corrected chi connectivity index (χ4v) is 2.29. The Kier molecular flexibility index (Phi) is 5.26. The number of rotatable bonds is 5. The lowest BCUT2D eigenvalue weighted by Gasteiger charge is -2.06. The van der Waals surface area contributed by atoms with Crippen molar-refractivity contribution in [3.8, 4) is 0 Å². The molecule has 0 radical (unpaired) electrons. The van der Waals surface area contributed by atoms with E-state index in [4.69, 9.17) is 5.73 Å². The minimum atomic E-state index is -0.276. The number of benzene rings is 2. The van der Waals surface area contributed by atoms with Crippen LogP contribution in [0.4, 0.5) is 4.39 Å². The third-order valence-corrected chi connectivity index (χ3v) is 3.56. The summed E-state index contributed by atoms with van der Waals surface area (Å²) in [5, 5.41) is 0. The first-order chi connectivity index (χ1) is 12.2. The van der Waals surface area contributed by atoms with Crippen molar-refractivity contribution in [2.24, 2.45) is 10.7 Å². The van der Waals surface area contributed by atoms with Crippen molar-refractivity contribution in [3.05, 3.63) is 102 Å². The zero-order chi connectivity index (χ0) is 17.5. The van der Waals surface area contributed by atoms with Gasteiger partial charge in [0, 0.05) is 18.0 Å². The minimum absolute atomic E-state index is 0.219. The Morgan fingerprint density at radius 1 is 0.960 bits per heavy atom. The predicted molar refractivity (Wildman–Crippen MR) is 97.3 cm³/mol. The van der Waals surface area contributed by atoms with Crippen molar-refractivity contribution in [1.82, 2.24) is 9.97 Å². The van der Waals surface area contributed by atoms with Crippen LogP contribution in [-0.2, 0) is 6.54 Å². The molecule has 5 heteroatoms. The first kappa shape index (κ1) is 16.5. The van der Waals surface area contributed by atoms with E-state index in [9.17, 15) is 4.39 Å². The molecule has 0 fully saturated rings. The Morgan fingerprint density at radius 2 is 1.64 bits per heavy atom. The first-order valence-corrected chi connectivity index (χ1v) is 7.82. The summed E-state index contributed by atoms with van der Waals surface area (Å²) in [6, 6.07) is 17.9. The van der Waals surface area contributed by atoms with Crippen molar-refractivity contribution in [2.45, 2.75) is 6.54 Å². The van der Waals surface area contributed by atoms with Gasteiger partial charge in [-0.1, -0.05) is 48.5 Å². The van der Waals surface area contributed by atoms with E-state index in [1.165, 1.54) is 6.07 Å². The second-order valence-corrected chi connectivity index (χ2v) is 5.33. The van der Waals surface area contributed by atoms with Crippen LogP contribution in [0.3, 0.4) is 0 Å². The third kappa shape index (κ3) is 4.35. The Morgan fingerprint density at radius 3 is 2.36 bits per heavy atom. The molecule has 4 nitrogen and oxygen atoms in total. The lowest BCUT2D eigenvalue weighted by Crippen LogP contribution is -2.07. The van der Waals surface area contributed by atoms with Gasteiger partial charge in [-0.2, -0.15) is 0 Å². The molecular formula is C20H17FN4. The van der Waals surface area contributed by atoms with Crippen LogP contribution in [0.25, 0.3) is 5.70 Å². The molecule has 0 saturated heterocycles. The number of hydrogen-bond acceptors (Lipinski definition) is 4. The Hall–Kier alpha value is -3.34. The molecule has 0 aliphatic carbocycles. The van der Waals surface area contributed by atoms with E-state index in [0.717, 1.165) is 5.56 Å². The van der Waals surface area contributed by atoms with Crippen LogP contribution >= 0.6 is 0 Å². The van der Waals surface area contributed by atoms with Gasteiger partial charge in [0.15, 0.2) is 5.82 Å². The summed E-state index contributed by atoms with van der Waals surface area (Å²) < 4.78 is 13.8. The summed E-state index contributed by atoms with van der Waals surface area (Å²) in [6.07, 6.45) is 4.97. The van der Waals surface area contributed by atoms with Gasteiger partial charge in [0.25, 0.3) is 0 Å². The molecular weight excluding hydrogens is 315 g/mol. The van der Waals surface area contributed by atoms with Crippen LogP contribution in [0.2, 0.25) is 0 Å². The van der Waals surface area contributed by atoms with Gasteiger partial charge in [-0.25, -0.2) is 14.4 Å². The van der Waals surface area contributed by atoms with Crippen molar-refractivity contribution in [1.29, 1.82) is 0 Å². The zero-order valence-corrected chi connectivity index (χ0v) is 13.5. The molecule has 3 aromatic rings. The molecule has 0 spiro atoms. The molecule has 2 N–H and O–H groups in total. The minimum Gasteiger partial charge on any atom is -0.396 e. The van der Waals surface area contributed by atoms with Crippen molar-refractivity contribution < 1.29 is 4.39 Å². The lowest BCUT2D eigenvalue weighted by atomic mass is 10.1. The topological polar surface area (TPSA) is 64.2 Å². The van der Waals surface area contributed by atoms with E-state index in [2.05, 4.69) is 15.0 Å². The second kappa shape index (κ2) is 7.97. The zero-order valence-electron chi connectivity index (χ0n) is 13.5. The Bertz CT molecular complexity index is 890. The highest BCUT2D eigenvalue weighted by molar-refractivity contribution is 6.11. The highest BCUT2D eigenvalue weighted by Gasteiger charge is 2.06. The maximum absolute atomic E-state index is 13.8. The maximum atomic E-state index is 13.8. The number of hydrogen-bond donors (Lipinski definition) is 1. The van der Waals surface area contributed by atoms with Gasteiger partial charge in [0.2, 0.25) is 0 Å². The summed E-state index contributed by atoms with van der Waals surface area (Å²) in [4.78, 5) is 12.8. The van der Waals surface area contributed by atoms with Crippen LogP contribution in [0, 0.1) is 5.82 Å². The fraction of sp³-hybridized carbons (Fsp3) is 0.0500. The standard InChI is InChI=1S/C20H17FN4/c21-17-10-5-4-9-16(17)14-25-19(15-7-2-1-3-8-15)13-18(22)20-23-11-6-12-24-20/h1-13H,14,22H2. The molecule has 1 aromatic heterocycles. The molecule has 0 unspecified atom stereocenters. The highest BCUT2D eigenvalue weighted by atomic mass is 19.1. The molecule has 0 saturated carbocycles. The SMILES string of the molecule is NC(=CC(=NCc1ccccc1F)c1ccccc1)c1ncccn1. The van der Waals surface area contributed by atoms with E-state index in [1.807, 2.05) is 30.3 Å². The molecule has 0 amide bonds. The van der Waals surface area contributed by atoms with Crippen molar-refractivity contribution in [2.75, 3.05) is 0 Å². The molecule has 0 atom stereocenters. The van der Waals surface area contributed by atoms with Gasteiger partial charge in [-0.15, -0.1) is 0 Å². The molecule has 124 valence electrons. The van der Waals surface area contributed by atoms with Gasteiger partial charge in [0.1, 0.15) is 5.82 Å². The third-order valence-electron chi connectivity index (χ3n) is 3.56. The van der Waals surface area contributed by atoms with E-state index < -0.39 is 0 Å². The number of aliphatic imine (C=N–C) groups is 1. The fourth-order valence-electron chi connectivity index (χ4n) is 2.29. The van der Waals surface area contributed by atoms with E-state index in [-0.39, 0.29) is 12.4 Å². The van der Waals surface area contributed by atoms with Crippen molar-refractivity contribution in [3.63, 3.8) is 0 Å². The van der Waals surface area contributed by atoms with Crippen LogP contribution < -0.4 is 5.73 Å². The van der Waals surface area contributed by atoms with Gasteiger partial charge < -0.3 is 5.73 Å². The lowest BCUT2D eigenvalue weighted by molar-refractivity contribution is 0.611. The van der Waals surface area contributed by atoms with Crippen LogP contribution in [0.15, 0.2) is 84.1 Å². The van der Waals surface area contributed by atoms with E-state index in [0.29, 0.717) is 22.8 Å². The molecule has 0 bridgehead atoms. The van der Waals surface area contributed by atoms with E-state index >= 15 is 0 Å². The smallest absolute Gasteiger partial charge is 0.175 e. The molecule has 2 aromatic carbocycles. The molecule has 3 rings (SSSR count). The average Bonchev–Trinajstić information content (AvgIpc) is 2.67. The molecule has 0 aliphatic heterocycles. The number of aromatic nitrogens is 2. The summed E-state index contributed by atoms with van der Waals surface area (Å²) >= 11 is 0. The summed E-state index contributed by atoms with van der Waals surface area (Å²) in [5.74, 6) is 0.152. The molecule has 0 aliphatic rings. The van der Waals surface area contributed by atoms with Gasteiger partial charge in [-0.3, -0.25) is 4.99 Å². The number of halogens is 1. The Labute approximate surface area is 145 Å². The predicted octanol–water partition coefficient (Wildman–Crippen LogP) is 3.60. The maximum Gasteiger partial charge on any atom is 0.175 e. The number of nitrogens with two attached hydrogens (primary N) is 1. The largest absolute Gasteiger partial charge is 0.396 e.